The van der Waals surface area contributed by atoms with E-state index >= 15 is 4.39 Å². The first-order valence-electron chi connectivity index (χ1n) is 12.7. The number of urea groups is 1. The summed E-state index contributed by atoms with van der Waals surface area (Å²) in [6.45, 7) is 2.75. The zero-order chi connectivity index (χ0) is 28.4. The number of carbonyl (C=O) groups is 3. The molecule has 0 radical (unpaired) electrons. The molecule has 40 heavy (non-hydrogen) atoms. The van der Waals surface area contributed by atoms with Crippen molar-refractivity contribution in [3.8, 4) is 11.5 Å². The van der Waals surface area contributed by atoms with Gasteiger partial charge in [0.2, 0.25) is 11.8 Å². The molecule has 0 spiro atoms. The summed E-state index contributed by atoms with van der Waals surface area (Å²) in [5.41, 5.74) is 4.10. The molecule has 2 heterocycles. The third-order valence-electron chi connectivity index (χ3n) is 7.07. The minimum Gasteiger partial charge on any atom is -0.457 e. The monoisotopic (exact) mass is 550 g/mol. The molecule has 2 fully saturated rings. The van der Waals surface area contributed by atoms with Gasteiger partial charge in [-0.2, -0.15) is 0 Å². The van der Waals surface area contributed by atoms with Gasteiger partial charge in [0.25, 0.3) is 0 Å². The number of benzene rings is 2. The summed E-state index contributed by atoms with van der Waals surface area (Å²) in [5, 5.41) is 2.75. The summed E-state index contributed by atoms with van der Waals surface area (Å²) >= 11 is 0. The van der Waals surface area contributed by atoms with Gasteiger partial charge in [-0.1, -0.05) is 0 Å². The highest BCUT2D eigenvalue weighted by Gasteiger charge is 2.57. The zero-order valence-corrected chi connectivity index (χ0v) is 21.8. The van der Waals surface area contributed by atoms with Gasteiger partial charge in [-0.15, -0.1) is 0 Å². The van der Waals surface area contributed by atoms with Gasteiger partial charge in [-0.25, -0.2) is 18.6 Å². The van der Waals surface area contributed by atoms with Crippen molar-refractivity contribution in [3.05, 3.63) is 72.4 Å². The summed E-state index contributed by atoms with van der Waals surface area (Å²) in [6.07, 6.45) is 1.95. The fourth-order valence-corrected chi connectivity index (χ4v) is 4.47. The van der Waals surface area contributed by atoms with Crippen molar-refractivity contribution >= 4 is 35.0 Å². The molecule has 3 N–H and O–H groups in total. The Morgan fingerprint density at radius 3 is 2.27 bits per heavy atom. The van der Waals surface area contributed by atoms with E-state index in [1.54, 1.807) is 11.0 Å². The highest BCUT2D eigenvalue weighted by Crippen LogP contribution is 2.49. The summed E-state index contributed by atoms with van der Waals surface area (Å²) in [5.74, 6) is -2.14. The van der Waals surface area contributed by atoms with Crippen molar-refractivity contribution in [1.82, 2.24) is 14.8 Å². The largest absolute Gasteiger partial charge is 0.457 e. The molecule has 0 bridgehead atoms. The number of likely N-dealkylation sites (N-methyl/N-ethyl adjacent to an activating group) is 1. The Balaban J connectivity index is 1.35. The summed E-state index contributed by atoms with van der Waals surface area (Å²) in [7, 11) is 2.00. The number of piperazine rings is 1. The number of hydrogen-bond donors (Lipinski definition) is 2. The number of anilines is 3. The van der Waals surface area contributed by atoms with Crippen LogP contribution < -0.4 is 20.7 Å². The van der Waals surface area contributed by atoms with Gasteiger partial charge in [-0.3, -0.25) is 19.8 Å². The zero-order valence-electron chi connectivity index (χ0n) is 21.8. The number of nitrogens with two attached hydrogens (primary N) is 1. The van der Waals surface area contributed by atoms with Gasteiger partial charge >= 0.3 is 6.03 Å². The number of rotatable bonds is 7. The number of ether oxygens (including phenoxy) is 1. The number of amides is 4. The van der Waals surface area contributed by atoms with E-state index in [2.05, 4.69) is 15.2 Å². The van der Waals surface area contributed by atoms with Gasteiger partial charge < -0.3 is 20.3 Å². The van der Waals surface area contributed by atoms with Crippen molar-refractivity contribution in [2.24, 2.45) is 11.1 Å². The maximum absolute atomic E-state index is 15.5. The fraction of sp³-hybridized carbons (Fsp3) is 0.286. The standard InChI is InChI=1S/C28H28F2N6O4/c1-34-12-14-35(15-13-34)27(39)33-24-17-21(8-11-32-24)40-20-6-7-23(22(30)16-20)36(19-4-2-18(29)3-5-19)26(38)28(9-10-28)25(31)37/h2-8,11,16-17H,9-10,12-15H2,1H3,(H2,31,37)(H,32,33,39). The predicted molar refractivity (Wildman–Crippen MR) is 143 cm³/mol. The Morgan fingerprint density at radius 2 is 1.65 bits per heavy atom. The molecular formula is C28H28F2N6O4. The lowest BCUT2D eigenvalue weighted by Crippen LogP contribution is -2.48. The molecule has 1 aliphatic heterocycles. The van der Waals surface area contributed by atoms with Gasteiger partial charge in [0.15, 0.2) is 5.82 Å². The first kappa shape index (κ1) is 27.0. The van der Waals surface area contributed by atoms with Crippen LogP contribution in [0.4, 0.5) is 30.8 Å². The Labute approximate surface area is 229 Å². The second-order valence-corrected chi connectivity index (χ2v) is 9.88. The number of halogens is 2. The highest BCUT2D eigenvalue weighted by molar-refractivity contribution is 6.16. The molecular weight excluding hydrogens is 522 g/mol. The van der Waals surface area contributed by atoms with Crippen LogP contribution in [0.15, 0.2) is 60.8 Å². The van der Waals surface area contributed by atoms with Crippen molar-refractivity contribution in [3.63, 3.8) is 0 Å². The van der Waals surface area contributed by atoms with E-state index in [0.717, 1.165) is 36.2 Å². The average Bonchev–Trinajstić information content (AvgIpc) is 3.74. The quantitative estimate of drug-likeness (QED) is 0.431. The number of primary amides is 1. The Kier molecular flexibility index (Phi) is 7.35. The molecule has 5 rings (SSSR count). The van der Waals surface area contributed by atoms with Gasteiger partial charge in [-0.05, 0) is 62.4 Å². The average molecular weight is 551 g/mol. The molecule has 10 nitrogen and oxygen atoms in total. The first-order valence-corrected chi connectivity index (χ1v) is 12.7. The molecule has 2 aliphatic rings. The van der Waals surface area contributed by atoms with Crippen LogP contribution >= 0.6 is 0 Å². The van der Waals surface area contributed by atoms with E-state index in [-0.39, 0.29) is 41.8 Å². The van der Waals surface area contributed by atoms with E-state index in [1.165, 1.54) is 36.5 Å². The smallest absolute Gasteiger partial charge is 0.323 e. The Hall–Kier alpha value is -4.58. The predicted octanol–water partition coefficient (Wildman–Crippen LogP) is 3.86. The van der Waals surface area contributed by atoms with E-state index in [0.29, 0.717) is 18.8 Å². The number of nitrogens with zero attached hydrogens (tertiary/aromatic N) is 4. The maximum atomic E-state index is 15.5. The maximum Gasteiger partial charge on any atom is 0.323 e. The van der Waals surface area contributed by atoms with Gasteiger partial charge in [0.05, 0.1) is 5.69 Å². The summed E-state index contributed by atoms with van der Waals surface area (Å²) in [4.78, 5) is 47.1. The summed E-state index contributed by atoms with van der Waals surface area (Å²) in [6, 6.07) is 11.6. The molecule has 12 heteroatoms. The molecule has 1 aromatic heterocycles. The minimum absolute atomic E-state index is 0.117. The van der Waals surface area contributed by atoms with E-state index in [9.17, 15) is 18.8 Å². The molecule has 2 aromatic carbocycles. The van der Waals surface area contributed by atoms with Crippen molar-refractivity contribution in [2.45, 2.75) is 12.8 Å². The lowest BCUT2D eigenvalue weighted by atomic mass is 10.0. The molecule has 0 unspecified atom stereocenters. The number of pyridine rings is 1. The van der Waals surface area contributed by atoms with Gasteiger partial charge in [0.1, 0.15) is 28.5 Å². The van der Waals surface area contributed by atoms with Crippen LogP contribution in [0.25, 0.3) is 0 Å². The topological polar surface area (TPSA) is 121 Å². The number of nitrogens with one attached hydrogen (secondary N) is 1. The molecule has 4 amide bonds. The van der Waals surface area contributed by atoms with E-state index in [1.807, 2.05) is 7.05 Å². The van der Waals surface area contributed by atoms with Crippen LogP contribution in [0.1, 0.15) is 12.8 Å². The van der Waals surface area contributed by atoms with Crippen molar-refractivity contribution in [2.75, 3.05) is 43.4 Å². The minimum atomic E-state index is -1.43. The molecule has 1 saturated carbocycles. The van der Waals surface area contributed by atoms with Crippen LogP contribution in [0, 0.1) is 17.0 Å². The highest BCUT2D eigenvalue weighted by atomic mass is 19.1. The van der Waals surface area contributed by atoms with Crippen LogP contribution in [0.3, 0.4) is 0 Å². The molecule has 0 atom stereocenters. The van der Waals surface area contributed by atoms with E-state index < -0.39 is 28.9 Å². The van der Waals surface area contributed by atoms with Crippen molar-refractivity contribution in [1.29, 1.82) is 0 Å². The second kappa shape index (κ2) is 10.9. The second-order valence-electron chi connectivity index (χ2n) is 9.88. The lowest BCUT2D eigenvalue weighted by Gasteiger charge is -2.32. The molecule has 3 aromatic rings. The summed E-state index contributed by atoms with van der Waals surface area (Å²) < 4.78 is 34.9. The Morgan fingerprint density at radius 1 is 0.975 bits per heavy atom. The Bertz CT molecular complexity index is 1440. The third kappa shape index (κ3) is 5.57. The molecule has 1 saturated heterocycles. The first-order chi connectivity index (χ1) is 19.2. The number of hydrogen-bond acceptors (Lipinski definition) is 6. The third-order valence-corrected chi connectivity index (χ3v) is 7.07. The van der Waals surface area contributed by atoms with E-state index in [4.69, 9.17) is 10.5 Å². The molecule has 208 valence electrons. The SMILES string of the molecule is CN1CCN(C(=O)Nc2cc(Oc3ccc(N(C(=O)C4(C(N)=O)CC4)c4ccc(F)cc4)c(F)c3)ccn2)CC1. The normalized spacial score (nSPS) is 16.2. The van der Waals surface area contributed by atoms with Gasteiger partial charge in [0, 0.05) is 50.2 Å². The van der Waals surface area contributed by atoms with Crippen LogP contribution in [-0.4, -0.2) is 65.9 Å². The fourth-order valence-electron chi connectivity index (χ4n) is 4.47. The van der Waals surface area contributed by atoms with Crippen molar-refractivity contribution < 1.29 is 27.9 Å². The number of aromatic nitrogens is 1. The van der Waals surface area contributed by atoms with Crippen LogP contribution in [0.5, 0.6) is 11.5 Å². The number of carbonyl (C=O) groups excluding carboxylic acids is 3. The molecule has 1 aliphatic carbocycles. The van der Waals surface area contributed by atoms with Crippen LogP contribution in [0.2, 0.25) is 0 Å². The lowest BCUT2D eigenvalue weighted by molar-refractivity contribution is -0.133. The van der Waals surface area contributed by atoms with Crippen LogP contribution in [-0.2, 0) is 9.59 Å².